The van der Waals surface area contributed by atoms with E-state index in [1.165, 1.54) is 12.7 Å². The Morgan fingerprint density at radius 2 is 2.06 bits per heavy atom. The Labute approximate surface area is 187 Å². The Morgan fingerprint density at radius 3 is 2.87 bits per heavy atom. The van der Waals surface area contributed by atoms with Crippen molar-refractivity contribution in [1.82, 2.24) is 4.98 Å². The van der Waals surface area contributed by atoms with Crippen LogP contribution in [0.2, 0.25) is 5.02 Å². The maximum absolute atomic E-state index is 12.0. The van der Waals surface area contributed by atoms with Gasteiger partial charge in [0, 0.05) is 41.9 Å². The van der Waals surface area contributed by atoms with Gasteiger partial charge in [-0.05, 0) is 66.6 Å². The fourth-order valence-corrected chi connectivity index (χ4v) is 4.24. The molecule has 0 fully saturated rings. The van der Waals surface area contributed by atoms with Gasteiger partial charge in [-0.3, -0.25) is 4.98 Å². The van der Waals surface area contributed by atoms with Crippen molar-refractivity contribution in [2.24, 2.45) is 0 Å². The summed E-state index contributed by atoms with van der Waals surface area (Å²) in [4.78, 5) is 18.3. The van der Waals surface area contributed by atoms with Crippen molar-refractivity contribution in [3.63, 3.8) is 0 Å². The number of aromatic nitrogens is 1. The van der Waals surface area contributed by atoms with E-state index in [-0.39, 0.29) is 5.97 Å². The van der Waals surface area contributed by atoms with Crippen LogP contribution in [0.3, 0.4) is 0 Å². The van der Waals surface area contributed by atoms with Crippen LogP contribution in [-0.4, -0.2) is 31.7 Å². The second-order valence-electron chi connectivity index (χ2n) is 7.66. The van der Waals surface area contributed by atoms with E-state index in [9.17, 15) is 4.79 Å². The Kier molecular flexibility index (Phi) is 6.42. The zero-order valence-corrected chi connectivity index (χ0v) is 18.4. The molecule has 0 bridgehead atoms. The first-order valence-corrected chi connectivity index (χ1v) is 10.7. The summed E-state index contributed by atoms with van der Waals surface area (Å²) in [5.74, 6) is 0.959. The summed E-state index contributed by atoms with van der Waals surface area (Å²) >= 11 is 6.15. The van der Waals surface area contributed by atoms with Gasteiger partial charge >= 0.3 is 5.97 Å². The SMILES string of the molecule is COC(=O)c1ccncc1CC[C@@H]1CCOc2cc(N(C)c3cccc(Cl)c3)ccc21. The van der Waals surface area contributed by atoms with Gasteiger partial charge in [-0.1, -0.05) is 23.7 Å². The summed E-state index contributed by atoms with van der Waals surface area (Å²) in [6.07, 6.45) is 6.00. The molecule has 3 aromatic rings. The molecular formula is C25H25ClN2O3. The molecule has 0 amide bonds. The molecule has 4 rings (SSSR count). The van der Waals surface area contributed by atoms with Gasteiger partial charge in [-0.2, -0.15) is 0 Å². The number of carbonyl (C=O) groups is 1. The number of fused-ring (bicyclic) bond motifs is 1. The predicted octanol–water partition coefficient (Wildman–Crippen LogP) is 5.79. The highest BCUT2D eigenvalue weighted by Gasteiger charge is 2.23. The minimum absolute atomic E-state index is 0.321. The van der Waals surface area contributed by atoms with Gasteiger partial charge < -0.3 is 14.4 Å². The summed E-state index contributed by atoms with van der Waals surface area (Å²) in [6.45, 7) is 0.679. The van der Waals surface area contributed by atoms with Crippen LogP contribution in [0.5, 0.6) is 5.75 Å². The molecule has 1 aliphatic heterocycles. The Balaban J connectivity index is 1.52. The summed E-state index contributed by atoms with van der Waals surface area (Å²) < 4.78 is 10.9. The number of anilines is 2. The van der Waals surface area contributed by atoms with Gasteiger partial charge in [0.25, 0.3) is 0 Å². The Hall–Kier alpha value is -3.05. The first-order valence-electron chi connectivity index (χ1n) is 10.3. The zero-order valence-electron chi connectivity index (χ0n) is 17.7. The van der Waals surface area contributed by atoms with Crippen molar-refractivity contribution in [2.75, 3.05) is 25.7 Å². The van der Waals surface area contributed by atoms with Crippen molar-refractivity contribution < 1.29 is 14.3 Å². The molecule has 0 saturated carbocycles. The molecule has 1 aromatic heterocycles. The first-order chi connectivity index (χ1) is 15.1. The molecule has 31 heavy (non-hydrogen) atoms. The molecule has 6 heteroatoms. The lowest BCUT2D eigenvalue weighted by Gasteiger charge is -2.28. The van der Waals surface area contributed by atoms with Gasteiger partial charge in [0.1, 0.15) is 5.75 Å². The Morgan fingerprint density at radius 1 is 1.23 bits per heavy atom. The third-order valence-electron chi connectivity index (χ3n) is 5.81. The number of halogens is 1. The number of hydrogen-bond donors (Lipinski definition) is 0. The normalized spacial score (nSPS) is 15.0. The van der Waals surface area contributed by atoms with E-state index in [2.05, 4.69) is 28.1 Å². The number of rotatable bonds is 6. The average molecular weight is 437 g/mol. The van der Waals surface area contributed by atoms with Crippen molar-refractivity contribution in [3.05, 3.63) is 82.6 Å². The number of nitrogens with zero attached hydrogens (tertiary/aromatic N) is 2. The fourth-order valence-electron chi connectivity index (χ4n) is 4.06. The highest BCUT2D eigenvalue weighted by atomic mass is 35.5. The highest BCUT2D eigenvalue weighted by Crippen LogP contribution is 2.40. The number of aryl methyl sites for hydroxylation is 1. The van der Waals surface area contributed by atoms with Crippen LogP contribution in [0.4, 0.5) is 11.4 Å². The molecular weight excluding hydrogens is 412 g/mol. The van der Waals surface area contributed by atoms with E-state index in [4.69, 9.17) is 21.1 Å². The second kappa shape index (κ2) is 9.40. The Bertz CT molecular complexity index is 1090. The minimum Gasteiger partial charge on any atom is -0.493 e. The maximum Gasteiger partial charge on any atom is 0.338 e. The molecule has 2 aromatic carbocycles. The summed E-state index contributed by atoms with van der Waals surface area (Å²) in [5.41, 5.74) is 4.77. The lowest BCUT2D eigenvalue weighted by Crippen LogP contribution is -2.17. The van der Waals surface area contributed by atoms with Crippen LogP contribution in [0, 0.1) is 0 Å². The van der Waals surface area contributed by atoms with Crippen LogP contribution in [0.15, 0.2) is 60.9 Å². The van der Waals surface area contributed by atoms with E-state index in [0.717, 1.165) is 42.0 Å². The third kappa shape index (κ3) is 4.67. The predicted molar refractivity (Wildman–Crippen MR) is 123 cm³/mol. The molecule has 1 aliphatic rings. The van der Waals surface area contributed by atoms with Gasteiger partial charge in [-0.15, -0.1) is 0 Å². The number of benzene rings is 2. The van der Waals surface area contributed by atoms with Crippen molar-refractivity contribution in [1.29, 1.82) is 0 Å². The lowest BCUT2D eigenvalue weighted by atomic mass is 9.87. The molecule has 5 nitrogen and oxygen atoms in total. The smallest absolute Gasteiger partial charge is 0.338 e. The topological polar surface area (TPSA) is 51.7 Å². The first kappa shape index (κ1) is 21.2. The van der Waals surface area contributed by atoms with Gasteiger partial charge in [0.2, 0.25) is 0 Å². The standard InChI is InChI=1S/C25H25ClN2O3/c1-28(20-5-3-4-19(26)14-20)21-8-9-22-17(11-13-31-24(22)15-21)6-7-18-16-27-12-10-23(18)25(29)30-2/h3-5,8-10,12,14-17H,6-7,11,13H2,1-2H3/t17-/m1/s1. The van der Waals surface area contributed by atoms with E-state index in [0.29, 0.717) is 23.1 Å². The second-order valence-corrected chi connectivity index (χ2v) is 8.09. The molecule has 0 radical (unpaired) electrons. The van der Waals surface area contributed by atoms with Crippen LogP contribution < -0.4 is 9.64 Å². The van der Waals surface area contributed by atoms with E-state index in [1.807, 2.05) is 31.3 Å². The van der Waals surface area contributed by atoms with Gasteiger partial charge in [0.15, 0.2) is 0 Å². The summed E-state index contributed by atoms with van der Waals surface area (Å²) in [7, 11) is 3.42. The number of carbonyl (C=O) groups excluding carboxylic acids is 1. The number of hydrogen-bond acceptors (Lipinski definition) is 5. The quantitative estimate of drug-likeness (QED) is 0.458. The van der Waals surface area contributed by atoms with E-state index in [1.54, 1.807) is 18.5 Å². The number of pyridine rings is 1. The minimum atomic E-state index is -0.321. The fraction of sp³-hybridized carbons (Fsp3) is 0.280. The molecule has 0 saturated heterocycles. The molecule has 0 unspecified atom stereocenters. The average Bonchev–Trinajstić information content (AvgIpc) is 2.81. The zero-order chi connectivity index (χ0) is 21.8. The number of methoxy groups -OCH3 is 1. The summed E-state index contributed by atoms with van der Waals surface area (Å²) in [5, 5.41) is 0.709. The molecule has 0 N–H and O–H groups in total. The molecule has 0 spiro atoms. The van der Waals surface area contributed by atoms with Crippen molar-refractivity contribution in [2.45, 2.75) is 25.2 Å². The monoisotopic (exact) mass is 436 g/mol. The van der Waals surface area contributed by atoms with Gasteiger partial charge in [-0.25, -0.2) is 4.79 Å². The highest BCUT2D eigenvalue weighted by molar-refractivity contribution is 6.30. The number of ether oxygens (including phenoxy) is 2. The van der Waals surface area contributed by atoms with Crippen LogP contribution in [-0.2, 0) is 11.2 Å². The summed E-state index contributed by atoms with van der Waals surface area (Å²) in [6, 6.07) is 15.9. The van der Waals surface area contributed by atoms with Crippen LogP contribution >= 0.6 is 11.6 Å². The third-order valence-corrected chi connectivity index (χ3v) is 6.05. The lowest BCUT2D eigenvalue weighted by molar-refractivity contribution is 0.0599. The van der Waals surface area contributed by atoms with E-state index >= 15 is 0 Å². The van der Waals surface area contributed by atoms with Gasteiger partial charge in [0.05, 0.1) is 19.3 Å². The largest absolute Gasteiger partial charge is 0.493 e. The molecule has 0 aliphatic carbocycles. The molecule has 160 valence electrons. The van der Waals surface area contributed by atoms with Crippen LogP contribution in [0.25, 0.3) is 0 Å². The number of esters is 1. The van der Waals surface area contributed by atoms with E-state index < -0.39 is 0 Å². The van der Waals surface area contributed by atoms with Crippen molar-refractivity contribution >= 4 is 28.9 Å². The molecule has 1 atom stereocenters. The van der Waals surface area contributed by atoms with Crippen molar-refractivity contribution in [3.8, 4) is 5.75 Å². The molecule has 2 heterocycles. The van der Waals surface area contributed by atoms with Crippen LogP contribution in [0.1, 0.15) is 40.2 Å². The maximum atomic E-state index is 12.0.